The highest BCUT2D eigenvalue weighted by Gasteiger charge is 2.27. The molecule has 0 aromatic carbocycles. The van der Waals surface area contributed by atoms with Crippen LogP contribution in [-0.2, 0) is 11.2 Å². The molecule has 1 amide bonds. The summed E-state index contributed by atoms with van der Waals surface area (Å²) in [6.07, 6.45) is 13.2. The number of nitrogens with zero attached hydrogens (tertiary/aromatic N) is 5. The van der Waals surface area contributed by atoms with Crippen LogP contribution < -0.4 is 11.1 Å². The largest absolute Gasteiger partial charge is 0.383 e. The predicted octanol–water partition coefficient (Wildman–Crippen LogP) is 3.30. The highest BCUT2D eigenvalue weighted by atomic mass is 16.5. The van der Waals surface area contributed by atoms with Crippen LogP contribution in [0.5, 0.6) is 0 Å². The van der Waals surface area contributed by atoms with Gasteiger partial charge < -0.3 is 30.2 Å². The molecule has 10 nitrogen and oxygen atoms in total. The number of aromatic nitrogens is 5. The number of carbonyl (C=O) groups is 1. The molecule has 1 aliphatic carbocycles. The summed E-state index contributed by atoms with van der Waals surface area (Å²) in [5.41, 5.74) is 9.05. The molecular formula is C25H33N7O3. The van der Waals surface area contributed by atoms with E-state index in [0.717, 1.165) is 42.4 Å². The average molecular weight is 480 g/mol. The molecule has 0 bridgehead atoms. The lowest BCUT2D eigenvalue weighted by Gasteiger charge is -2.14. The fourth-order valence-corrected chi connectivity index (χ4v) is 4.64. The minimum Gasteiger partial charge on any atom is -0.383 e. The van der Waals surface area contributed by atoms with Gasteiger partial charge in [0.1, 0.15) is 23.4 Å². The number of nitrogen functional groups attached to an aromatic ring is 1. The summed E-state index contributed by atoms with van der Waals surface area (Å²) in [5, 5.41) is 19.8. The summed E-state index contributed by atoms with van der Waals surface area (Å²) in [6.45, 7) is 4.09. The molecule has 4 aromatic rings. The Morgan fingerprint density at radius 1 is 1.23 bits per heavy atom. The maximum absolute atomic E-state index is 11.2. The highest BCUT2D eigenvalue weighted by Crippen LogP contribution is 2.39. The first-order valence-electron chi connectivity index (χ1n) is 11.8. The van der Waals surface area contributed by atoms with Crippen LogP contribution in [0.4, 0.5) is 11.6 Å². The molecule has 4 aromatic heterocycles. The van der Waals surface area contributed by atoms with Crippen molar-refractivity contribution in [3.8, 4) is 0 Å². The molecular weight excluding hydrogens is 446 g/mol. The van der Waals surface area contributed by atoms with E-state index < -0.39 is 5.79 Å². The van der Waals surface area contributed by atoms with E-state index in [1.165, 1.54) is 32.8 Å². The predicted molar refractivity (Wildman–Crippen MR) is 135 cm³/mol. The van der Waals surface area contributed by atoms with E-state index in [-0.39, 0.29) is 5.91 Å². The van der Waals surface area contributed by atoms with Crippen LogP contribution >= 0.6 is 0 Å². The average Bonchev–Trinajstić information content (AvgIpc) is 3.48. The number of amides is 1. The van der Waals surface area contributed by atoms with Gasteiger partial charge in [-0.3, -0.25) is 4.79 Å². The number of hydrogen-bond acceptors (Lipinski definition) is 7. The minimum absolute atomic E-state index is 0.112. The Hall–Kier alpha value is -3.50. The molecule has 2 unspecified atom stereocenters. The van der Waals surface area contributed by atoms with Crippen molar-refractivity contribution >= 4 is 34.2 Å². The summed E-state index contributed by atoms with van der Waals surface area (Å²) in [6, 6.07) is 6.73. The van der Waals surface area contributed by atoms with Gasteiger partial charge in [-0.1, -0.05) is 0 Å². The molecule has 2 atom stereocenters. The molecule has 0 radical (unpaired) electrons. The Morgan fingerprint density at radius 3 is 2.74 bits per heavy atom. The Bertz CT molecular complexity index is 1320. The molecule has 1 aliphatic rings. The van der Waals surface area contributed by atoms with Crippen LogP contribution in [0.15, 0.2) is 43.1 Å². The number of fused-ring (bicyclic) bond motifs is 2. The van der Waals surface area contributed by atoms with Crippen LogP contribution in [0.25, 0.3) is 16.7 Å². The van der Waals surface area contributed by atoms with Crippen molar-refractivity contribution in [2.75, 3.05) is 11.1 Å². The third kappa shape index (κ3) is 6.34. The zero-order valence-electron chi connectivity index (χ0n) is 20.3. The van der Waals surface area contributed by atoms with Crippen molar-refractivity contribution in [3.63, 3.8) is 0 Å². The van der Waals surface area contributed by atoms with Crippen LogP contribution in [0.2, 0.25) is 0 Å². The van der Waals surface area contributed by atoms with E-state index in [1.54, 1.807) is 6.33 Å². The molecule has 0 aliphatic heterocycles. The van der Waals surface area contributed by atoms with Crippen molar-refractivity contribution in [2.45, 2.75) is 64.7 Å². The van der Waals surface area contributed by atoms with Gasteiger partial charge in [0.05, 0.1) is 11.6 Å². The van der Waals surface area contributed by atoms with E-state index in [2.05, 4.69) is 43.2 Å². The third-order valence-corrected chi connectivity index (χ3v) is 6.12. The maximum Gasteiger partial charge on any atom is 0.222 e. The lowest BCUT2D eigenvalue weighted by atomic mass is 9.98. The van der Waals surface area contributed by atoms with E-state index in [9.17, 15) is 4.79 Å². The van der Waals surface area contributed by atoms with Crippen LogP contribution in [-0.4, -0.2) is 45.8 Å². The van der Waals surface area contributed by atoms with Gasteiger partial charge >= 0.3 is 0 Å². The van der Waals surface area contributed by atoms with Gasteiger partial charge in [-0.25, -0.2) is 15.0 Å². The maximum atomic E-state index is 11.2. The number of nitrogens with one attached hydrogen (secondary N) is 1. The number of anilines is 2. The van der Waals surface area contributed by atoms with Crippen molar-refractivity contribution in [3.05, 3.63) is 48.7 Å². The SMILES string of the molecule is CC(=O)Nc1cn2ccc(CCC3CCC(n4ccc5c(N)ncnc54)C3)cc2n1.CC(C)(O)O. The van der Waals surface area contributed by atoms with Crippen molar-refractivity contribution in [1.82, 2.24) is 23.9 Å². The smallest absolute Gasteiger partial charge is 0.222 e. The van der Waals surface area contributed by atoms with E-state index in [1.807, 2.05) is 22.9 Å². The van der Waals surface area contributed by atoms with Gasteiger partial charge in [0, 0.05) is 25.4 Å². The molecule has 5 rings (SSSR count). The molecule has 10 heteroatoms. The molecule has 4 heterocycles. The zero-order chi connectivity index (χ0) is 25.2. The lowest BCUT2D eigenvalue weighted by Crippen LogP contribution is -2.15. The lowest BCUT2D eigenvalue weighted by molar-refractivity contribution is -0.127. The van der Waals surface area contributed by atoms with Gasteiger partial charge in [0.15, 0.2) is 11.6 Å². The minimum atomic E-state index is -1.50. The van der Waals surface area contributed by atoms with Gasteiger partial charge in [-0.15, -0.1) is 0 Å². The van der Waals surface area contributed by atoms with Crippen LogP contribution in [0.1, 0.15) is 58.1 Å². The number of rotatable bonds is 5. The molecule has 35 heavy (non-hydrogen) atoms. The van der Waals surface area contributed by atoms with Gasteiger partial charge in [-0.05, 0) is 75.6 Å². The quantitative estimate of drug-likeness (QED) is 0.322. The molecule has 1 fully saturated rings. The summed E-state index contributed by atoms with van der Waals surface area (Å²) in [4.78, 5) is 24.3. The summed E-state index contributed by atoms with van der Waals surface area (Å²) < 4.78 is 4.21. The highest BCUT2D eigenvalue weighted by molar-refractivity contribution is 5.88. The first-order chi connectivity index (χ1) is 16.6. The molecule has 186 valence electrons. The number of imidazole rings is 1. The van der Waals surface area contributed by atoms with Crippen LogP contribution in [0, 0.1) is 5.92 Å². The fourth-order valence-electron chi connectivity index (χ4n) is 4.64. The second-order valence-electron chi connectivity index (χ2n) is 9.69. The van der Waals surface area contributed by atoms with E-state index >= 15 is 0 Å². The van der Waals surface area contributed by atoms with Crippen molar-refractivity contribution in [2.24, 2.45) is 5.92 Å². The number of aliphatic hydroxyl groups is 2. The van der Waals surface area contributed by atoms with Crippen molar-refractivity contribution in [1.29, 1.82) is 0 Å². The number of aryl methyl sites for hydroxylation is 1. The molecule has 5 N–H and O–H groups in total. The first kappa shape index (κ1) is 24.6. The molecule has 0 spiro atoms. The normalized spacial score (nSPS) is 18.0. The third-order valence-electron chi connectivity index (χ3n) is 6.12. The number of carbonyl (C=O) groups excluding carboxylic acids is 1. The summed E-state index contributed by atoms with van der Waals surface area (Å²) >= 11 is 0. The number of pyridine rings is 1. The standard InChI is InChI=1S/C22H25N7O.C3H8O2/c1-14(30)26-19-12-28-8-6-16(11-20(28)27-19)3-2-15-4-5-17(10-15)29-9-7-18-21(23)24-13-25-22(18)29;1-3(2,4)5/h6-9,11-13,15,17H,2-5,10H2,1H3,(H,26,30)(H2,23,24,25);4-5H,1-2H3. The topological polar surface area (TPSA) is 144 Å². The Labute approximate surface area is 203 Å². The van der Waals surface area contributed by atoms with Gasteiger partial charge in [0.25, 0.3) is 0 Å². The Morgan fingerprint density at radius 2 is 2.00 bits per heavy atom. The Kier molecular flexibility index (Phi) is 7.04. The van der Waals surface area contributed by atoms with E-state index in [0.29, 0.717) is 23.6 Å². The summed E-state index contributed by atoms with van der Waals surface area (Å²) in [5.74, 6) is 0.211. The van der Waals surface area contributed by atoms with Gasteiger partial charge in [0.2, 0.25) is 5.91 Å². The number of nitrogens with two attached hydrogens (primary N) is 1. The molecule has 0 saturated heterocycles. The second-order valence-corrected chi connectivity index (χ2v) is 9.69. The Balaban J connectivity index is 0.000000527. The van der Waals surface area contributed by atoms with Crippen molar-refractivity contribution < 1.29 is 15.0 Å². The van der Waals surface area contributed by atoms with E-state index in [4.69, 9.17) is 15.9 Å². The zero-order valence-corrected chi connectivity index (χ0v) is 20.3. The number of hydrogen-bond donors (Lipinski definition) is 4. The second kappa shape index (κ2) is 10.0. The summed E-state index contributed by atoms with van der Waals surface area (Å²) in [7, 11) is 0. The molecule has 1 saturated carbocycles. The van der Waals surface area contributed by atoms with Gasteiger partial charge in [-0.2, -0.15) is 0 Å². The first-order valence-corrected chi connectivity index (χ1v) is 11.8. The monoisotopic (exact) mass is 479 g/mol. The van der Waals surface area contributed by atoms with Crippen LogP contribution in [0.3, 0.4) is 0 Å². The fraction of sp³-hybridized carbons (Fsp3) is 0.440.